The van der Waals surface area contributed by atoms with Crippen molar-refractivity contribution in [1.82, 2.24) is 0 Å². The van der Waals surface area contributed by atoms with Gasteiger partial charge in [-0.15, -0.1) is 0 Å². The predicted octanol–water partition coefficient (Wildman–Crippen LogP) is 2.96. The molecule has 3 heteroatoms. The second-order valence-electron chi connectivity index (χ2n) is 4.00. The van der Waals surface area contributed by atoms with E-state index in [9.17, 15) is 0 Å². The van der Waals surface area contributed by atoms with Crippen LogP contribution in [0.5, 0.6) is 5.75 Å². The summed E-state index contributed by atoms with van der Waals surface area (Å²) in [5, 5.41) is 0. The van der Waals surface area contributed by atoms with Gasteiger partial charge in [0.15, 0.2) is 0 Å². The van der Waals surface area contributed by atoms with Crippen molar-refractivity contribution in [1.29, 1.82) is 0 Å². The van der Waals surface area contributed by atoms with Crippen molar-refractivity contribution >= 4 is 15.9 Å². The number of methoxy groups -OCH3 is 1. The van der Waals surface area contributed by atoms with Gasteiger partial charge in [0.05, 0.1) is 11.6 Å². The summed E-state index contributed by atoms with van der Waals surface area (Å²) in [6.07, 6.45) is 0. The first-order chi connectivity index (χ1) is 6.38. The highest BCUT2D eigenvalue weighted by molar-refractivity contribution is 9.10. The van der Waals surface area contributed by atoms with Gasteiger partial charge in [-0.2, -0.15) is 0 Å². The standard InChI is InChI=1S/C11H16BrNO/c1-7-5-6-8(14-4)10(12)9(7)11(2,3)13/h5-6H,13H2,1-4H3. The third-order valence-corrected chi connectivity index (χ3v) is 2.97. The summed E-state index contributed by atoms with van der Waals surface area (Å²) in [5.74, 6) is 0.823. The van der Waals surface area contributed by atoms with E-state index < -0.39 is 0 Å². The molecule has 0 aromatic heterocycles. The number of aryl methyl sites for hydroxylation is 1. The van der Waals surface area contributed by atoms with Gasteiger partial charge >= 0.3 is 0 Å². The van der Waals surface area contributed by atoms with Crippen molar-refractivity contribution in [2.45, 2.75) is 26.3 Å². The van der Waals surface area contributed by atoms with Crippen molar-refractivity contribution in [3.05, 3.63) is 27.7 Å². The van der Waals surface area contributed by atoms with Crippen LogP contribution in [0.1, 0.15) is 25.0 Å². The highest BCUT2D eigenvalue weighted by Gasteiger charge is 2.22. The lowest BCUT2D eigenvalue weighted by molar-refractivity contribution is 0.408. The molecule has 2 nitrogen and oxygen atoms in total. The Kier molecular flexibility index (Phi) is 3.22. The van der Waals surface area contributed by atoms with Crippen LogP contribution in [0.25, 0.3) is 0 Å². The molecule has 0 amide bonds. The fraction of sp³-hybridized carbons (Fsp3) is 0.455. The van der Waals surface area contributed by atoms with Gasteiger partial charge < -0.3 is 10.5 Å². The van der Waals surface area contributed by atoms with E-state index in [2.05, 4.69) is 15.9 Å². The molecule has 1 rings (SSSR count). The molecule has 1 aromatic rings. The maximum absolute atomic E-state index is 6.10. The Balaban J connectivity index is 3.40. The Hall–Kier alpha value is -0.540. The largest absolute Gasteiger partial charge is 0.496 e. The highest BCUT2D eigenvalue weighted by Crippen LogP contribution is 2.36. The Bertz CT molecular complexity index is 342. The molecule has 0 spiro atoms. The SMILES string of the molecule is COc1ccc(C)c(C(C)(C)N)c1Br. The van der Waals surface area contributed by atoms with E-state index in [-0.39, 0.29) is 5.54 Å². The van der Waals surface area contributed by atoms with E-state index in [1.807, 2.05) is 32.9 Å². The molecule has 0 fully saturated rings. The summed E-state index contributed by atoms with van der Waals surface area (Å²) in [4.78, 5) is 0. The average molecular weight is 258 g/mol. The summed E-state index contributed by atoms with van der Waals surface area (Å²) in [6, 6.07) is 3.96. The van der Waals surface area contributed by atoms with E-state index in [0.717, 1.165) is 15.8 Å². The second-order valence-corrected chi connectivity index (χ2v) is 4.79. The molecule has 78 valence electrons. The van der Waals surface area contributed by atoms with Gasteiger partial charge in [-0.1, -0.05) is 6.07 Å². The summed E-state index contributed by atoms with van der Waals surface area (Å²) in [6.45, 7) is 6.02. The van der Waals surface area contributed by atoms with Crippen molar-refractivity contribution in [3.8, 4) is 5.75 Å². The van der Waals surface area contributed by atoms with E-state index in [0.29, 0.717) is 0 Å². The molecular weight excluding hydrogens is 242 g/mol. The minimum atomic E-state index is -0.364. The topological polar surface area (TPSA) is 35.2 Å². The summed E-state index contributed by atoms with van der Waals surface area (Å²) >= 11 is 3.52. The number of benzene rings is 1. The van der Waals surface area contributed by atoms with Gasteiger partial charge in [0, 0.05) is 5.54 Å². The summed E-state index contributed by atoms with van der Waals surface area (Å²) in [7, 11) is 1.66. The number of ether oxygens (including phenoxy) is 1. The van der Waals surface area contributed by atoms with E-state index in [1.54, 1.807) is 7.11 Å². The van der Waals surface area contributed by atoms with E-state index >= 15 is 0 Å². The zero-order chi connectivity index (χ0) is 10.9. The zero-order valence-corrected chi connectivity index (χ0v) is 10.6. The molecule has 2 N–H and O–H groups in total. The van der Waals surface area contributed by atoms with Gasteiger partial charge in [0.25, 0.3) is 0 Å². The molecule has 14 heavy (non-hydrogen) atoms. The van der Waals surface area contributed by atoms with Gasteiger partial charge in [-0.3, -0.25) is 0 Å². The molecule has 1 aromatic carbocycles. The number of nitrogens with two attached hydrogens (primary N) is 1. The molecule has 0 atom stereocenters. The molecule has 0 saturated heterocycles. The number of hydrogen-bond donors (Lipinski definition) is 1. The van der Waals surface area contributed by atoms with Gasteiger partial charge in [0.1, 0.15) is 5.75 Å². The van der Waals surface area contributed by atoms with Crippen LogP contribution in [-0.2, 0) is 5.54 Å². The Labute approximate surface area is 93.6 Å². The molecule has 0 aliphatic carbocycles. The molecule has 0 aliphatic heterocycles. The van der Waals surface area contributed by atoms with E-state index in [4.69, 9.17) is 10.5 Å². The molecule has 0 bridgehead atoms. The monoisotopic (exact) mass is 257 g/mol. The van der Waals surface area contributed by atoms with Crippen LogP contribution in [0.15, 0.2) is 16.6 Å². The maximum atomic E-state index is 6.10. The quantitative estimate of drug-likeness (QED) is 0.885. The smallest absolute Gasteiger partial charge is 0.133 e. The lowest BCUT2D eigenvalue weighted by atomic mass is 9.91. The first-order valence-corrected chi connectivity index (χ1v) is 5.29. The molecule has 0 saturated carbocycles. The van der Waals surface area contributed by atoms with Crippen LogP contribution < -0.4 is 10.5 Å². The van der Waals surface area contributed by atoms with E-state index in [1.165, 1.54) is 5.56 Å². The highest BCUT2D eigenvalue weighted by atomic mass is 79.9. The molecule has 0 radical (unpaired) electrons. The maximum Gasteiger partial charge on any atom is 0.133 e. The Morgan fingerprint density at radius 1 is 1.36 bits per heavy atom. The number of hydrogen-bond acceptors (Lipinski definition) is 2. The van der Waals surface area contributed by atoms with Crippen LogP contribution in [0.3, 0.4) is 0 Å². The molecular formula is C11H16BrNO. The van der Waals surface area contributed by atoms with Gasteiger partial charge in [-0.05, 0) is 53.9 Å². The van der Waals surface area contributed by atoms with Crippen LogP contribution >= 0.6 is 15.9 Å². The van der Waals surface area contributed by atoms with Crippen LogP contribution in [-0.4, -0.2) is 7.11 Å². The number of halogens is 1. The predicted molar refractivity (Wildman–Crippen MR) is 62.6 cm³/mol. The summed E-state index contributed by atoms with van der Waals surface area (Å²) < 4.78 is 6.18. The third kappa shape index (κ3) is 2.10. The lowest BCUT2D eigenvalue weighted by Gasteiger charge is -2.24. The van der Waals surface area contributed by atoms with Crippen molar-refractivity contribution in [2.24, 2.45) is 5.73 Å². The molecule has 0 heterocycles. The van der Waals surface area contributed by atoms with Gasteiger partial charge in [0.2, 0.25) is 0 Å². The third-order valence-electron chi connectivity index (χ3n) is 2.18. The summed E-state index contributed by atoms with van der Waals surface area (Å²) in [5.41, 5.74) is 8.00. The Morgan fingerprint density at radius 2 is 1.93 bits per heavy atom. The lowest BCUT2D eigenvalue weighted by Crippen LogP contribution is -2.30. The second kappa shape index (κ2) is 3.91. The zero-order valence-electron chi connectivity index (χ0n) is 9.02. The van der Waals surface area contributed by atoms with Crippen molar-refractivity contribution < 1.29 is 4.74 Å². The van der Waals surface area contributed by atoms with Crippen molar-refractivity contribution in [3.63, 3.8) is 0 Å². The average Bonchev–Trinajstić information content (AvgIpc) is 2.02. The van der Waals surface area contributed by atoms with Crippen molar-refractivity contribution in [2.75, 3.05) is 7.11 Å². The molecule has 0 unspecified atom stereocenters. The normalized spacial score (nSPS) is 11.6. The van der Waals surface area contributed by atoms with Crippen LogP contribution in [0.2, 0.25) is 0 Å². The number of rotatable bonds is 2. The minimum Gasteiger partial charge on any atom is -0.496 e. The first-order valence-electron chi connectivity index (χ1n) is 4.50. The Morgan fingerprint density at radius 3 is 2.36 bits per heavy atom. The van der Waals surface area contributed by atoms with Crippen LogP contribution in [0.4, 0.5) is 0 Å². The molecule has 0 aliphatic rings. The fourth-order valence-corrected chi connectivity index (χ4v) is 2.72. The van der Waals surface area contributed by atoms with Crippen LogP contribution in [0, 0.1) is 6.92 Å². The minimum absolute atomic E-state index is 0.364. The fourth-order valence-electron chi connectivity index (χ4n) is 1.60. The van der Waals surface area contributed by atoms with Gasteiger partial charge in [-0.25, -0.2) is 0 Å². The first kappa shape index (κ1) is 11.5.